The molecule has 92 valence electrons. The van der Waals surface area contributed by atoms with Crippen LogP contribution in [0.15, 0.2) is 0 Å². The quantitative estimate of drug-likeness (QED) is 0.449. The summed E-state index contributed by atoms with van der Waals surface area (Å²) in [5.74, 6) is 1.12. The topological polar surface area (TPSA) is 57.5 Å². The minimum absolute atomic E-state index is 0.225. The highest BCUT2D eigenvalue weighted by Crippen LogP contribution is 2.06. The third-order valence-corrected chi connectivity index (χ3v) is 3.76. The lowest BCUT2D eigenvalue weighted by Crippen LogP contribution is -2.11. The van der Waals surface area contributed by atoms with Gasteiger partial charge in [-0.2, -0.15) is 0 Å². The summed E-state index contributed by atoms with van der Waals surface area (Å²) >= 11 is 0. The van der Waals surface area contributed by atoms with E-state index >= 15 is 0 Å². The molecule has 0 heterocycles. The summed E-state index contributed by atoms with van der Waals surface area (Å²) < 4.78 is 11.3. The molecular weight excluding hydrogens is 212 g/mol. The first-order chi connectivity index (χ1) is 7.16. The molecule has 4 heteroatoms. The number of aliphatic hydroxyl groups is 2. The van der Waals surface area contributed by atoms with Crippen molar-refractivity contribution in [1.29, 1.82) is 0 Å². The van der Waals surface area contributed by atoms with Gasteiger partial charge in [-0.15, -0.1) is 0 Å². The van der Waals surface area contributed by atoms with Crippen molar-refractivity contribution < 1.29 is 14.4 Å². The molecule has 3 nitrogen and oxygen atoms in total. The van der Waals surface area contributed by atoms with Gasteiger partial charge in [0.05, 0.1) is 0 Å². The number of hydrogen-bond donors (Lipinski definition) is 2. The highest BCUT2D eigenvalue weighted by atomic mass is 32.2. The molecule has 0 spiro atoms. The van der Waals surface area contributed by atoms with Crippen molar-refractivity contribution in [3.63, 3.8) is 0 Å². The Morgan fingerprint density at radius 1 is 1.00 bits per heavy atom. The van der Waals surface area contributed by atoms with Gasteiger partial charge in [-0.05, 0) is 6.42 Å². The predicted molar refractivity (Wildman–Crippen MR) is 64.1 cm³/mol. The summed E-state index contributed by atoms with van der Waals surface area (Å²) in [6, 6.07) is 0. The molecule has 0 aromatic carbocycles. The van der Waals surface area contributed by atoms with Crippen LogP contribution in [0.5, 0.6) is 0 Å². The fourth-order valence-electron chi connectivity index (χ4n) is 1.38. The molecule has 0 aliphatic heterocycles. The van der Waals surface area contributed by atoms with Crippen LogP contribution < -0.4 is 0 Å². The van der Waals surface area contributed by atoms with Gasteiger partial charge in [-0.25, -0.2) is 0 Å². The Labute approximate surface area is 95.4 Å². The summed E-state index contributed by atoms with van der Waals surface area (Å²) in [7, 11) is -0.868. The third kappa shape index (κ3) is 12.0. The maximum atomic E-state index is 11.3. The van der Waals surface area contributed by atoms with Crippen molar-refractivity contribution in [3.8, 4) is 0 Å². The molecule has 1 atom stereocenters. The molecule has 0 aliphatic carbocycles. The molecule has 0 bridgehead atoms. The van der Waals surface area contributed by atoms with E-state index in [1.54, 1.807) is 0 Å². The molecule has 0 radical (unpaired) electrons. The van der Waals surface area contributed by atoms with Gasteiger partial charge >= 0.3 is 0 Å². The van der Waals surface area contributed by atoms with Gasteiger partial charge in [-0.3, -0.25) is 4.21 Å². The Morgan fingerprint density at radius 2 is 1.60 bits per heavy atom. The van der Waals surface area contributed by atoms with Gasteiger partial charge < -0.3 is 10.2 Å². The van der Waals surface area contributed by atoms with E-state index in [0.717, 1.165) is 12.8 Å². The molecule has 0 amide bonds. The number of aliphatic hydroxyl groups excluding tert-OH is 1. The average Bonchev–Trinajstić information content (AvgIpc) is 2.20. The number of unbranched alkanes of at least 4 members (excludes halogenated alkanes) is 5. The van der Waals surface area contributed by atoms with Crippen molar-refractivity contribution in [1.82, 2.24) is 0 Å². The molecule has 2 N–H and O–H groups in total. The fourth-order valence-corrected chi connectivity index (χ4v) is 2.59. The van der Waals surface area contributed by atoms with Crippen LogP contribution in [0.25, 0.3) is 0 Å². The first kappa shape index (κ1) is 15.1. The second-order valence-corrected chi connectivity index (χ2v) is 5.58. The maximum absolute atomic E-state index is 11.3. The van der Waals surface area contributed by atoms with Crippen LogP contribution in [0.1, 0.15) is 51.9 Å². The Hall–Kier alpha value is 0.0700. The van der Waals surface area contributed by atoms with Crippen LogP contribution >= 0.6 is 0 Å². The van der Waals surface area contributed by atoms with E-state index in [4.69, 9.17) is 10.2 Å². The van der Waals surface area contributed by atoms with Crippen LogP contribution in [-0.4, -0.2) is 32.2 Å². The summed E-state index contributed by atoms with van der Waals surface area (Å²) in [5, 5.41) is 17.2. The van der Waals surface area contributed by atoms with Gasteiger partial charge in [0.15, 0.2) is 6.29 Å². The molecule has 0 saturated carbocycles. The maximum Gasteiger partial charge on any atom is 0.152 e. The van der Waals surface area contributed by atoms with Crippen LogP contribution in [0.2, 0.25) is 0 Å². The normalized spacial score (nSPS) is 13.3. The monoisotopic (exact) mass is 236 g/mol. The molecular formula is C11H24O3S. The lowest BCUT2D eigenvalue weighted by Gasteiger charge is -2.04. The van der Waals surface area contributed by atoms with E-state index in [0.29, 0.717) is 11.5 Å². The van der Waals surface area contributed by atoms with Crippen LogP contribution in [-0.2, 0) is 10.8 Å². The zero-order valence-corrected chi connectivity index (χ0v) is 10.5. The highest BCUT2D eigenvalue weighted by Gasteiger charge is 2.03. The molecule has 0 aliphatic rings. The second kappa shape index (κ2) is 10.6. The van der Waals surface area contributed by atoms with E-state index in [1.165, 1.54) is 25.7 Å². The Bertz CT molecular complexity index is 160. The van der Waals surface area contributed by atoms with Gasteiger partial charge in [0, 0.05) is 28.7 Å². The van der Waals surface area contributed by atoms with E-state index in [1.807, 2.05) is 0 Å². The standard InChI is InChI=1S/C11H24O3S/c1-2-3-4-5-6-7-9-15(14)10-8-11(12)13/h11-13H,2-10H2,1H3. The van der Waals surface area contributed by atoms with Crippen molar-refractivity contribution in [3.05, 3.63) is 0 Å². The largest absolute Gasteiger partial charge is 0.368 e. The van der Waals surface area contributed by atoms with Crippen LogP contribution in [0.4, 0.5) is 0 Å². The van der Waals surface area contributed by atoms with Crippen molar-refractivity contribution in [2.24, 2.45) is 0 Å². The van der Waals surface area contributed by atoms with E-state index in [-0.39, 0.29) is 6.42 Å². The minimum atomic E-state index is -1.31. The molecule has 1 unspecified atom stereocenters. The van der Waals surface area contributed by atoms with Gasteiger partial charge in [-0.1, -0.05) is 39.0 Å². The predicted octanol–water partition coefficient (Wildman–Crippen LogP) is 1.80. The molecule has 15 heavy (non-hydrogen) atoms. The molecule has 0 saturated heterocycles. The second-order valence-electron chi connectivity index (χ2n) is 3.89. The van der Waals surface area contributed by atoms with Gasteiger partial charge in [0.2, 0.25) is 0 Å². The zero-order valence-electron chi connectivity index (χ0n) is 9.65. The van der Waals surface area contributed by atoms with Gasteiger partial charge in [0.1, 0.15) is 0 Å². The average molecular weight is 236 g/mol. The molecule has 0 fully saturated rings. The first-order valence-electron chi connectivity index (χ1n) is 5.88. The van der Waals surface area contributed by atoms with E-state index < -0.39 is 17.1 Å². The summed E-state index contributed by atoms with van der Waals surface area (Å²) in [4.78, 5) is 0. The Morgan fingerprint density at radius 3 is 2.20 bits per heavy atom. The lowest BCUT2D eigenvalue weighted by atomic mass is 10.1. The summed E-state index contributed by atoms with van der Waals surface area (Å²) in [6.07, 6.45) is 6.11. The number of hydrogen-bond acceptors (Lipinski definition) is 3. The molecule has 0 aromatic rings. The summed E-state index contributed by atoms with van der Waals surface area (Å²) in [6.45, 7) is 2.19. The third-order valence-electron chi connectivity index (χ3n) is 2.33. The lowest BCUT2D eigenvalue weighted by molar-refractivity contribution is -0.0406. The van der Waals surface area contributed by atoms with Crippen molar-refractivity contribution in [2.45, 2.75) is 58.2 Å². The number of rotatable bonds is 10. The highest BCUT2D eigenvalue weighted by molar-refractivity contribution is 7.84. The van der Waals surface area contributed by atoms with Gasteiger partial charge in [0.25, 0.3) is 0 Å². The van der Waals surface area contributed by atoms with Crippen LogP contribution in [0.3, 0.4) is 0 Å². The molecule has 0 aromatic heterocycles. The Balaban J connectivity index is 3.17. The zero-order chi connectivity index (χ0) is 11.5. The Kier molecular flexibility index (Phi) is 10.6. The first-order valence-corrected chi connectivity index (χ1v) is 7.36. The van der Waals surface area contributed by atoms with Crippen molar-refractivity contribution >= 4 is 10.8 Å². The smallest absolute Gasteiger partial charge is 0.152 e. The van der Waals surface area contributed by atoms with Crippen LogP contribution in [0, 0.1) is 0 Å². The summed E-state index contributed by atoms with van der Waals surface area (Å²) in [5.41, 5.74) is 0. The SMILES string of the molecule is CCCCCCCCS(=O)CCC(O)O. The fraction of sp³-hybridized carbons (Fsp3) is 1.00. The van der Waals surface area contributed by atoms with Crippen molar-refractivity contribution in [2.75, 3.05) is 11.5 Å². The van der Waals surface area contributed by atoms with E-state index in [2.05, 4.69) is 6.92 Å². The minimum Gasteiger partial charge on any atom is -0.368 e. The van der Waals surface area contributed by atoms with E-state index in [9.17, 15) is 4.21 Å². The molecule has 0 rings (SSSR count).